The van der Waals surface area contributed by atoms with Gasteiger partial charge in [-0.1, -0.05) is 83.3 Å². The average molecular weight is 470 g/mol. The Morgan fingerprint density at radius 2 is 1.03 bits per heavy atom. The summed E-state index contributed by atoms with van der Waals surface area (Å²) < 4.78 is -0.498. The normalized spacial score (nSPS) is 11.8. The van der Waals surface area contributed by atoms with Crippen molar-refractivity contribution >= 4 is 17.9 Å². The molecular formula is C26H47NO6. The summed E-state index contributed by atoms with van der Waals surface area (Å²) in [6, 6.07) is 0. The molecule has 0 fully saturated rings. The molecule has 192 valence electrons. The van der Waals surface area contributed by atoms with Gasteiger partial charge in [0.05, 0.1) is 12.5 Å². The third kappa shape index (κ3) is 20.4. The van der Waals surface area contributed by atoms with Crippen molar-refractivity contribution in [3.05, 3.63) is 12.2 Å². The first-order valence-corrected chi connectivity index (χ1v) is 12.9. The Hall–Kier alpha value is -1.89. The highest BCUT2D eigenvalue weighted by Crippen LogP contribution is 2.15. The Kier molecular flexibility index (Phi) is 19.5. The summed E-state index contributed by atoms with van der Waals surface area (Å²) in [4.78, 5) is 33.3. The van der Waals surface area contributed by atoms with Crippen LogP contribution in [0.25, 0.3) is 0 Å². The molecule has 0 radical (unpaired) electrons. The van der Waals surface area contributed by atoms with E-state index in [0.717, 1.165) is 19.3 Å². The van der Waals surface area contributed by atoms with Crippen molar-refractivity contribution < 1.29 is 34.2 Å². The molecule has 7 heteroatoms. The number of allylic oxidation sites excluding steroid dienone is 2. The van der Waals surface area contributed by atoms with E-state index < -0.39 is 42.0 Å². The van der Waals surface area contributed by atoms with Crippen molar-refractivity contribution in [1.82, 2.24) is 0 Å². The first kappa shape index (κ1) is 31.1. The summed E-state index contributed by atoms with van der Waals surface area (Å²) in [7, 11) is 0. The number of unbranched alkanes of at least 4 members (excludes halogenated alkanes) is 14. The zero-order chi connectivity index (χ0) is 24.8. The number of quaternary nitrogens is 1. The van der Waals surface area contributed by atoms with Crippen LogP contribution < -0.4 is 5.11 Å². The molecule has 0 heterocycles. The average Bonchev–Trinajstić information content (AvgIpc) is 2.71. The highest BCUT2D eigenvalue weighted by molar-refractivity contribution is 5.72. The van der Waals surface area contributed by atoms with Crippen molar-refractivity contribution in [2.45, 2.75) is 110 Å². The van der Waals surface area contributed by atoms with Crippen molar-refractivity contribution in [3.63, 3.8) is 0 Å². The van der Waals surface area contributed by atoms with Gasteiger partial charge in [-0.05, 0) is 38.5 Å². The molecule has 0 aliphatic rings. The second-order valence-corrected chi connectivity index (χ2v) is 9.34. The molecule has 0 aliphatic heterocycles. The lowest BCUT2D eigenvalue weighted by molar-refractivity contribution is -0.909. The lowest BCUT2D eigenvalue weighted by atomic mass is 10.0. The molecule has 0 rings (SSSR count). The molecule has 0 bridgehead atoms. The van der Waals surface area contributed by atoms with E-state index in [4.69, 9.17) is 10.2 Å². The van der Waals surface area contributed by atoms with Crippen LogP contribution in [0, 0.1) is 0 Å². The molecule has 0 atom stereocenters. The number of hydrogen-bond donors (Lipinski definition) is 2. The first-order valence-electron chi connectivity index (χ1n) is 12.9. The topological polar surface area (TPSA) is 115 Å². The number of nitrogens with zero attached hydrogens (tertiary/aromatic N) is 1. The fourth-order valence-corrected chi connectivity index (χ4v) is 4.30. The maximum atomic E-state index is 11.1. The van der Waals surface area contributed by atoms with Crippen molar-refractivity contribution in [3.8, 4) is 0 Å². The first-order chi connectivity index (χ1) is 15.8. The summed E-state index contributed by atoms with van der Waals surface area (Å²) in [5, 5.41) is 29.3. The van der Waals surface area contributed by atoms with Crippen LogP contribution in [-0.4, -0.2) is 58.8 Å². The monoisotopic (exact) mass is 469 g/mol. The predicted molar refractivity (Wildman–Crippen MR) is 129 cm³/mol. The molecule has 0 aromatic carbocycles. The van der Waals surface area contributed by atoms with Gasteiger partial charge in [-0.3, -0.25) is 0 Å². The van der Waals surface area contributed by atoms with Crippen LogP contribution in [0.1, 0.15) is 110 Å². The van der Waals surface area contributed by atoms with Crippen LogP contribution in [-0.2, 0) is 14.4 Å². The molecule has 0 saturated carbocycles. The SMILES string of the molecule is CCCCC/C=C/CCCCCCCCCCCCC[N+](CC(=O)[O-])(CC(=O)O)CC(=O)O. The lowest BCUT2D eigenvalue weighted by Crippen LogP contribution is -2.59. The Bertz CT molecular complexity index is 520. The van der Waals surface area contributed by atoms with Crippen LogP contribution in [0.2, 0.25) is 0 Å². The van der Waals surface area contributed by atoms with Crippen LogP contribution in [0.4, 0.5) is 0 Å². The summed E-state index contributed by atoms with van der Waals surface area (Å²) in [6.45, 7) is 0.828. The van der Waals surface area contributed by atoms with Crippen molar-refractivity contribution in [2.24, 2.45) is 0 Å². The highest BCUT2D eigenvalue weighted by Gasteiger charge is 2.33. The molecule has 33 heavy (non-hydrogen) atoms. The van der Waals surface area contributed by atoms with Gasteiger partial charge in [0, 0.05) is 0 Å². The molecule has 0 aromatic rings. The van der Waals surface area contributed by atoms with Crippen LogP contribution in [0.5, 0.6) is 0 Å². The molecule has 0 amide bonds. The fourth-order valence-electron chi connectivity index (χ4n) is 4.30. The zero-order valence-electron chi connectivity index (χ0n) is 20.8. The van der Waals surface area contributed by atoms with E-state index in [-0.39, 0.29) is 6.54 Å². The number of carboxylic acids is 3. The fraction of sp³-hybridized carbons (Fsp3) is 0.808. The number of rotatable bonds is 24. The Labute approximate surface area is 200 Å². The number of aliphatic carboxylic acids is 3. The lowest BCUT2D eigenvalue weighted by Gasteiger charge is -2.36. The van der Waals surface area contributed by atoms with Crippen molar-refractivity contribution in [1.29, 1.82) is 0 Å². The van der Waals surface area contributed by atoms with Gasteiger partial charge in [0.2, 0.25) is 0 Å². The van der Waals surface area contributed by atoms with E-state index in [2.05, 4.69) is 19.1 Å². The maximum Gasteiger partial charge on any atom is 0.359 e. The predicted octanol–water partition coefficient (Wildman–Crippen LogP) is 4.54. The Morgan fingerprint density at radius 1 is 0.636 bits per heavy atom. The summed E-state index contributed by atoms with van der Waals surface area (Å²) in [6.07, 6.45) is 23.4. The highest BCUT2D eigenvalue weighted by atomic mass is 16.4. The minimum atomic E-state index is -1.42. The van der Waals surface area contributed by atoms with E-state index >= 15 is 0 Å². The summed E-state index contributed by atoms with van der Waals surface area (Å²) in [5.74, 6) is -3.82. The molecular weight excluding hydrogens is 422 g/mol. The van der Waals surface area contributed by atoms with E-state index in [1.165, 1.54) is 77.0 Å². The van der Waals surface area contributed by atoms with Crippen LogP contribution in [0.15, 0.2) is 12.2 Å². The second-order valence-electron chi connectivity index (χ2n) is 9.34. The van der Waals surface area contributed by atoms with E-state index in [9.17, 15) is 19.5 Å². The minimum Gasteiger partial charge on any atom is -0.544 e. The number of carbonyl (C=O) groups is 3. The summed E-state index contributed by atoms with van der Waals surface area (Å²) >= 11 is 0. The largest absolute Gasteiger partial charge is 0.544 e. The molecule has 2 N–H and O–H groups in total. The number of hydrogen-bond acceptors (Lipinski definition) is 4. The van der Waals surface area contributed by atoms with Crippen LogP contribution >= 0.6 is 0 Å². The van der Waals surface area contributed by atoms with Gasteiger partial charge in [-0.15, -0.1) is 0 Å². The summed E-state index contributed by atoms with van der Waals surface area (Å²) in [5.41, 5.74) is 0. The number of carboxylic acid groups (broad SMARTS) is 3. The smallest absolute Gasteiger partial charge is 0.359 e. The van der Waals surface area contributed by atoms with E-state index in [1.54, 1.807) is 0 Å². The van der Waals surface area contributed by atoms with Gasteiger partial charge >= 0.3 is 11.9 Å². The third-order valence-corrected chi connectivity index (χ3v) is 6.05. The Balaban J connectivity index is 3.78. The van der Waals surface area contributed by atoms with Gasteiger partial charge in [-0.25, -0.2) is 9.59 Å². The molecule has 0 aromatic heterocycles. The molecule has 7 nitrogen and oxygen atoms in total. The van der Waals surface area contributed by atoms with E-state index in [1.807, 2.05) is 0 Å². The van der Waals surface area contributed by atoms with Gasteiger partial charge in [0.1, 0.15) is 6.54 Å². The van der Waals surface area contributed by atoms with Gasteiger partial charge < -0.3 is 24.6 Å². The molecule has 0 saturated heterocycles. The molecule has 0 spiro atoms. The Morgan fingerprint density at radius 3 is 1.42 bits per heavy atom. The zero-order valence-corrected chi connectivity index (χ0v) is 20.8. The quantitative estimate of drug-likeness (QED) is 0.122. The van der Waals surface area contributed by atoms with E-state index in [0.29, 0.717) is 6.42 Å². The third-order valence-electron chi connectivity index (χ3n) is 6.05. The van der Waals surface area contributed by atoms with Crippen molar-refractivity contribution in [2.75, 3.05) is 26.2 Å². The minimum absolute atomic E-state index is 0.223. The second kappa shape index (κ2) is 20.7. The molecule has 0 unspecified atom stereocenters. The maximum absolute atomic E-state index is 11.1. The molecule has 0 aliphatic carbocycles. The van der Waals surface area contributed by atoms with Gasteiger partial charge in [0.15, 0.2) is 13.1 Å². The van der Waals surface area contributed by atoms with Gasteiger partial charge in [-0.2, -0.15) is 0 Å². The standard InChI is InChI=1S/C26H47NO6/c1-2-3-4-5-6-7-8-9-10-11-12-13-14-15-16-17-18-19-20-27(21-24(28)29,22-25(30)31)23-26(32)33/h6-7H,2-5,8-23H2,1H3,(H2-,28,29,30,31,32,33)/b7-6+. The van der Waals surface area contributed by atoms with Crippen LogP contribution in [0.3, 0.4) is 0 Å². The number of carbonyl (C=O) groups excluding carboxylic acids is 1. The van der Waals surface area contributed by atoms with Gasteiger partial charge in [0.25, 0.3) is 0 Å².